The smallest absolute Gasteiger partial charge is 0.292 e. The molecule has 0 radical (unpaired) electrons. The molecule has 1 atom stereocenters. The van der Waals surface area contributed by atoms with Crippen LogP contribution in [0.25, 0.3) is 10.9 Å². The molecular formula is C23H23N3O5. The number of hydrogen-bond acceptors (Lipinski definition) is 5. The first kappa shape index (κ1) is 20.5. The van der Waals surface area contributed by atoms with Crippen molar-refractivity contribution in [3.63, 3.8) is 0 Å². The molecule has 31 heavy (non-hydrogen) atoms. The summed E-state index contributed by atoms with van der Waals surface area (Å²) in [5, 5.41) is 3.42. The van der Waals surface area contributed by atoms with Gasteiger partial charge in [0.2, 0.25) is 5.91 Å². The number of rotatable bonds is 6. The Morgan fingerprint density at radius 1 is 1.10 bits per heavy atom. The van der Waals surface area contributed by atoms with Gasteiger partial charge in [-0.05, 0) is 25.1 Å². The molecule has 2 aromatic carbocycles. The van der Waals surface area contributed by atoms with Crippen LogP contribution < -0.4 is 19.7 Å². The number of nitrogens with one attached hydrogen (secondary N) is 2. The lowest BCUT2D eigenvalue weighted by molar-refractivity contribution is -0.118. The molecule has 2 amide bonds. The molecule has 2 heterocycles. The SMILES string of the molecule is COc1ccc(N2C[C@H](NC(=O)C(=O)c3c(C)[nH]c4ccccc34)CC2=O)cc1OC. The fraction of sp³-hybridized carbons (Fsp3) is 0.261. The highest BCUT2D eigenvalue weighted by Gasteiger charge is 2.34. The summed E-state index contributed by atoms with van der Waals surface area (Å²) in [5.41, 5.74) is 2.43. The van der Waals surface area contributed by atoms with Crippen LogP contribution in [0.2, 0.25) is 0 Å². The second kappa shape index (κ2) is 8.14. The van der Waals surface area contributed by atoms with Crippen molar-refractivity contribution in [2.75, 3.05) is 25.7 Å². The number of hydrogen-bond donors (Lipinski definition) is 2. The lowest BCUT2D eigenvalue weighted by atomic mass is 10.1. The van der Waals surface area contributed by atoms with Gasteiger partial charge >= 0.3 is 0 Å². The van der Waals surface area contributed by atoms with Crippen LogP contribution in [-0.4, -0.2) is 49.4 Å². The van der Waals surface area contributed by atoms with Crippen molar-refractivity contribution in [3.05, 3.63) is 53.7 Å². The summed E-state index contributed by atoms with van der Waals surface area (Å²) in [5.74, 6) is -0.423. The van der Waals surface area contributed by atoms with Crippen molar-refractivity contribution in [1.29, 1.82) is 0 Å². The summed E-state index contributed by atoms with van der Waals surface area (Å²) >= 11 is 0. The summed E-state index contributed by atoms with van der Waals surface area (Å²) in [6.07, 6.45) is 0.111. The largest absolute Gasteiger partial charge is 0.493 e. The van der Waals surface area contributed by atoms with Crippen molar-refractivity contribution >= 4 is 34.2 Å². The summed E-state index contributed by atoms with van der Waals surface area (Å²) < 4.78 is 10.5. The number of nitrogens with zero attached hydrogens (tertiary/aromatic N) is 1. The van der Waals surface area contributed by atoms with E-state index in [1.54, 1.807) is 36.1 Å². The second-order valence-corrected chi connectivity index (χ2v) is 7.42. The Hall–Kier alpha value is -3.81. The molecule has 0 saturated carbocycles. The third-order valence-electron chi connectivity index (χ3n) is 5.47. The number of ketones is 1. The lowest BCUT2D eigenvalue weighted by Crippen LogP contribution is -2.41. The zero-order valence-electron chi connectivity index (χ0n) is 17.5. The van der Waals surface area contributed by atoms with Crippen LogP contribution in [0.5, 0.6) is 11.5 Å². The maximum absolute atomic E-state index is 12.9. The quantitative estimate of drug-likeness (QED) is 0.471. The van der Waals surface area contributed by atoms with E-state index in [2.05, 4.69) is 10.3 Å². The van der Waals surface area contributed by atoms with Crippen molar-refractivity contribution in [2.24, 2.45) is 0 Å². The average Bonchev–Trinajstić information content (AvgIpc) is 3.30. The Kier molecular flexibility index (Phi) is 5.37. The summed E-state index contributed by atoms with van der Waals surface area (Å²) in [6, 6.07) is 12.1. The number of aromatic amines is 1. The number of methoxy groups -OCH3 is 2. The Morgan fingerprint density at radius 3 is 2.58 bits per heavy atom. The fourth-order valence-corrected chi connectivity index (χ4v) is 3.98. The van der Waals surface area contributed by atoms with Crippen LogP contribution in [0.1, 0.15) is 22.5 Å². The van der Waals surface area contributed by atoms with E-state index in [0.29, 0.717) is 33.8 Å². The van der Waals surface area contributed by atoms with E-state index in [-0.39, 0.29) is 18.9 Å². The minimum Gasteiger partial charge on any atom is -0.493 e. The standard InChI is InChI=1S/C23H23N3O5/c1-13-21(16-6-4-5-7-17(16)24-13)22(28)23(29)25-14-10-20(27)26(12-14)15-8-9-18(30-2)19(11-15)31-3/h4-9,11,14,24H,10,12H2,1-3H3,(H,25,29)/t14-/m1/s1. The summed E-state index contributed by atoms with van der Waals surface area (Å²) in [4.78, 5) is 42.8. The van der Waals surface area contributed by atoms with Crippen LogP contribution in [-0.2, 0) is 9.59 Å². The third-order valence-corrected chi connectivity index (χ3v) is 5.47. The molecule has 0 aliphatic carbocycles. The zero-order valence-corrected chi connectivity index (χ0v) is 17.5. The number of ether oxygens (including phenoxy) is 2. The van der Waals surface area contributed by atoms with Crippen molar-refractivity contribution in [1.82, 2.24) is 10.3 Å². The van der Waals surface area contributed by atoms with Gasteiger partial charge in [0.15, 0.2) is 11.5 Å². The monoisotopic (exact) mass is 421 g/mol. The summed E-state index contributed by atoms with van der Waals surface area (Å²) in [7, 11) is 3.06. The third kappa shape index (κ3) is 3.72. The number of carbonyl (C=O) groups excluding carboxylic acids is 3. The number of benzene rings is 2. The highest BCUT2D eigenvalue weighted by atomic mass is 16.5. The zero-order chi connectivity index (χ0) is 22.1. The van der Waals surface area contributed by atoms with Crippen molar-refractivity contribution in [3.8, 4) is 11.5 Å². The van der Waals surface area contributed by atoms with Crippen LogP contribution in [0, 0.1) is 6.92 Å². The van der Waals surface area contributed by atoms with Gasteiger partial charge in [-0.2, -0.15) is 0 Å². The topological polar surface area (TPSA) is 101 Å². The summed E-state index contributed by atoms with van der Waals surface area (Å²) in [6.45, 7) is 2.03. The number of aryl methyl sites for hydroxylation is 1. The normalized spacial score (nSPS) is 15.9. The van der Waals surface area contributed by atoms with E-state index in [1.165, 1.54) is 14.2 Å². The first-order valence-corrected chi connectivity index (χ1v) is 9.87. The number of amides is 2. The van der Waals surface area contributed by atoms with Gasteiger partial charge < -0.3 is 24.7 Å². The lowest BCUT2D eigenvalue weighted by Gasteiger charge is -2.19. The van der Waals surface area contributed by atoms with E-state index < -0.39 is 17.7 Å². The highest BCUT2D eigenvalue weighted by Crippen LogP contribution is 2.33. The minimum atomic E-state index is -0.722. The van der Waals surface area contributed by atoms with E-state index in [0.717, 1.165) is 5.52 Å². The Labute approximate surface area is 179 Å². The molecule has 1 saturated heterocycles. The Bertz CT molecular complexity index is 1180. The van der Waals surface area contributed by atoms with Gasteiger partial charge in [-0.25, -0.2) is 0 Å². The minimum absolute atomic E-state index is 0.111. The molecule has 0 spiro atoms. The number of aromatic nitrogens is 1. The molecule has 1 aromatic heterocycles. The number of carbonyl (C=O) groups is 3. The molecular weight excluding hydrogens is 398 g/mol. The van der Waals surface area contributed by atoms with Gasteiger partial charge in [-0.3, -0.25) is 14.4 Å². The molecule has 160 valence electrons. The van der Waals surface area contributed by atoms with Gasteiger partial charge in [0.1, 0.15) is 0 Å². The van der Waals surface area contributed by atoms with Crippen LogP contribution in [0.15, 0.2) is 42.5 Å². The molecule has 1 aliphatic rings. The first-order chi connectivity index (χ1) is 14.9. The van der Waals surface area contributed by atoms with E-state index >= 15 is 0 Å². The van der Waals surface area contributed by atoms with Crippen molar-refractivity contribution in [2.45, 2.75) is 19.4 Å². The van der Waals surface area contributed by atoms with Gasteiger partial charge in [-0.1, -0.05) is 18.2 Å². The molecule has 2 N–H and O–H groups in total. The van der Waals surface area contributed by atoms with Gasteiger partial charge in [0.05, 0.1) is 25.8 Å². The van der Waals surface area contributed by atoms with E-state index in [1.807, 2.05) is 18.2 Å². The second-order valence-electron chi connectivity index (χ2n) is 7.42. The average molecular weight is 421 g/mol. The maximum atomic E-state index is 12.9. The molecule has 1 fully saturated rings. The molecule has 8 nitrogen and oxygen atoms in total. The number of para-hydroxylation sites is 1. The molecule has 4 rings (SSSR count). The Balaban J connectivity index is 1.49. The fourth-order valence-electron chi connectivity index (χ4n) is 3.98. The van der Waals surface area contributed by atoms with E-state index in [4.69, 9.17) is 9.47 Å². The maximum Gasteiger partial charge on any atom is 0.292 e. The van der Waals surface area contributed by atoms with E-state index in [9.17, 15) is 14.4 Å². The number of Topliss-reactive ketones (excluding diaryl/α,β-unsaturated/α-hetero) is 1. The number of H-pyrrole nitrogens is 1. The van der Waals surface area contributed by atoms with Crippen LogP contribution in [0.4, 0.5) is 5.69 Å². The molecule has 0 bridgehead atoms. The molecule has 1 aliphatic heterocycles. The highest BCUT2D eigenvalue weighted by molar-refractivity contribution is 6.45. The van der Waals surface area contributed by atoms with Crippen LogP contribution in [0.3, 0.4) is 0 Å². The van der Waals surface area contributed by atoms with Gasteiger partial charge in [-0.15, -0.1) is 0 Å². The predicted octanol–water partition coefficient (Wildman–Crippen LogP) is 2.60. The molecule has 8 heteroatoms. The van der Waals surface area contributed by atoms with Crippen LogP contribution >= 0.6 is 0 Å². The molecule has 3 aromatic rings. The van der Waals surface area contributed by atoms with Gasteiger partial charge in [0.25, 0.3) is 11.7 Å². The number of fused-ring (bicyclic) bond motifs is 1. The molecule has 0 unspecified atom stereocenters. The van der Waals surface area contributed by atoms with Gasteiger partial charge in [0, 0.05) is 41.3 Å². The van der Waals surface area contributed by atoms with Crippen molar-refractivity contribution < 1.29 is 23.9 Å². The first-order valence-electron chi connectivity index (χ1n) is 9.87. The predicted molar refractivity (Wildman–Crippen MR) is 116 cm³/mol. The Morgan fingerprint density at radius 2 is 1.84 bits per heavy atom. The number of anilines is 1.